The molecule has 3 rings (SSSR count). The van der Waals surface area contributed by atoms with E-state index in [1.807, 2.05) is 12.3 Å². The number of Topliss-reactive ketones (excluding diaryl/α,β-unsaturated/α-hetero) is 1. The summed E-state index contributed by atoms with van der Waals surface area (Å²) in [5.74, 6) is -0.381. The van der Waals surface area contributed by atoms with Gasteiger partial charge in [0.1, 0.15) is 5.75 Å². The highest BCUT2D eigenvalue weighted by Gasteiger charge is 2.29. The summed E-state index contributed by atoms with van der Waals surface area (Å²) < 4.78 is 10.1. The number of thioether (sulfide) groups is 1. The smallest absolute Gasteiger partial charge is 0.344 e. The zero-order valence-electron chi connectivity index (χ0n) is 16.8. The van der Waals surface area contributed by atoms with Crippen molar-refractivity contribution in [1.82, 2.24) is 4.90 Å². The van der Waals surface area contributed by atoms with Crippen molar-refractivity contribution in [2.75, 3.05) is 26.0 Å². The Morgan fingerprint density at radius 3 is 2.50 bits per heavy atom. The number of carbonyl (C=O) groups is 3. The number of carbonyl (C=O) groups excluding carboxylic acids is 3. The van der Waals surface area contributed by atoms with Crippen LogP contribution in [-0.4, -0.2) is 53.6 Å². The second kappa shape index (κ2) is 9.58. The van der Waals surface area contributed by atoms with Crippen LogP contribution in [0.15, 0.2) is 42.5 Å². The minimum absolute atomic E-state index is 0.0359. The number of fused-ring (bicyclic) bond motifs is 1. The van der Waals surface area contributed by atoms with E-state index in [9.17, 15) is 14.4 Å². The number of hydrogen-bond acceptors (Lipinski definition) is 7. The fourth-order valence-corrected chi connectivity index (χ4v) is 3.48. The van der Waals surface area contributed by atoms with Gasteiger partial charge in [-0.05, 0) is 55.1 Å². The van der Waals surface area contributed by atoms with E-state index in [1.165, 1.54) is 16.7 Å². The van der Waals surface area contributed by atoms with Crippen LogP contribution in [0.3, 0.4) is 0 Å². The van der Waals surface area contributed by atoms with Crippen LogP contribution in [-0.2, 0) is 16.1 Å². The molecule has 1 N–H and O–H groups in total. The van der Waals surface area contributed by atoms with Crippen LogP contribution in [0.5, 0.6) is 5.75 Å². The lowest BCUT2D eigenvalue weighted by atomic mass is 10.1. The molecule has 0 unspecified atom stereocenters. The molecule has 0 aromatic heterocycles. The van der Waals surface area contributed by atoms with Gasteiger partial charge < -0.3 is 14.4 Å². The van der Waals surface area contributed by atoms with Crippen molar-refractivity contribution in [2.24, 2.45) is 0 Å². The maximum Gasteiger partial charge on any atom is 0.344 e. The summed E-state index contributed by atoms with van der Waals surface area (Å²) in [7, 11) is 0. The van der Waals surface area contributed by atoms with Gasteiger partial charge in [0.15, 0.2) is 12.4 Å². The molecular formula is C22H22N2O5S. The molecule has 2 aromatic rings. The van der Waals surface area contributed by atoms with E-state index in [0.29, 0.717) is 28.5 Å². The lowest BCUT2D eigenvalue weighted by Gasteiger charge is -2.14. The second-order valence-electron chi connectivity index (χ2n) is 6.61. The van der Waals surface area contributed by atoms with Gasteiger partial charge in [-0.25, -0.2) is 4.79 Å². The summed E-state index contributed by atoms with van der Waals surface area (Å²) in [5.41, 5.74) is 2.61. The van der Waals surface area contributed by atoms with Crippen LogP contribution in [0.2, 0.25) is 0 Å². The van der Waals surface area contributed by atoms with Crippen molar-refractivity contribution in [1.29, 1.82) is 5.41 Å². The van der Waals surface area contributed by atoms with Gasteiger partial charge in [-0.2, -0.15) is 0 Å². The zero-order chi connectivity index (χ0) is 21.7. The first-order chi connectivity index (χ1) is 14.4. The number of hydrogen-bond donors (Lipinski definition) is 1. The van der Waals surface area contributed by atoms with E-state index in [0.717, 1.165) is 11.1 Å². The van der Waals surface area contributed by atoms with Crippen LogP contribution < -0.4 is 4.74 Å². The Morgan fingerprint density at radius 1 is 1.13 bits per heavy atom. The van der Waals surface area contributed by atoms with Crippen molar-refractivity contribution in [3.63, 3.8) is 0 Å². The van der Waals surface area contributed by atoms with E-state index in [-0.39, 0.29) is 31.4 Å². The number of nitrogens with zero attached hydrogens (tertiary/aromatic N) is 1. The van der Waals surface area contributed by atoms with E-state index in [4.69, 9.17) is 14.9 Å². The quantitative estimate of drug-likeness (QED) is 0.301. The van der Waals surface area contributed by atoms with Gasteiger partial charge in [-0.3, -0.25) is 15.0 Å². The van der Waals surface area contributed by atoms with Gasteiger partial charge in [-0.1, -0.05) is 6.07 Å². The molecule has 0 aliphatic carbocycles. The summed E-state index contributed by atoms with van der Waals surface area (Å²) in [6.45, 7) is 2.12. The molecule has 0 radical (unpaired) electrons. The molecule has 156 valence electrons. The number of ketones is 1. The molecule has 1 amide bonds. The normalized spacial score (nSPS) is 12.5. The van der Waals surface area contributed by atoms with Crippen LogP contribution in [0, 0.1) is 5.41 Å². The number of ether oxygens (including phenoxy) is 2. The predicted molar refractivity (Wildman–Crippen MR) is 114 cm³/mol. The summed E-state index contributed by atoms with van der Waals surface area (Å²) in [6.07, 6.45) is 1.83. The molecule has 0 fully saturated rings. The van der Waals surface area contributed by atoms with Crippen LogP contribution in [0.25, 0.3) is 0 Å². The average molecular weight is 426 g/mol. The first-order valence-electron chi connectivity index (χ1n) is 9.39. The standard InChI is InChI=1S/C22H22N2O5S/c1-3-28-20(26)13-29-17-7-4-14(5-8-17)19(25)12-24-11-16-10-15(21(23)30-2)6-9-18(16)22(24)27/h4-10,23H,3,11-13H2,1-2H3. The van der Waals surface area contributed by atoms with E-state index < -0.39 is 5.97 Å². The van der Waals surface area contributed by atoms with Crippen LogP contribution >= 0.6 is 11.8 Å². The molecule has 0 atom stereocenters. The summed E-state index contributed by atoms with van der Waals surface area (Å²) in [5, 5.41) is 8.37. The molecule has 0 saturated carbocycles. The number of rotatable bonds is 8. The third-order valence-corrected chi connectivity index (χ3v) is 5.27. The van der Waals surface area contributed by atoms with Gasteiger partial charge in [-0.15, -0.1) is 11.8 Å². The molecule has 2 aromatic carbocycles. The molecule has 30 heavy (non-hydrogen) atoms. The van der Waals surface area contributed by atoms with Gasteiger partial charge in [0.05, 0.1) is 18.2 Å². The summed E-state index contributed by atoms with van der Waals surface area (Å²) in [6, 6.07) is 11.7. The lowest BCUT2D eigenvalue weighted by molar-refractivity contribution is -0.145. The highest BCUT2D eigenvalue weighted by atomic mass is 32.2. The Bertz CT molecular complexity index is 988. The highest BCUT2D eigenvalue weighted by Crippen LogP contribution is 2.25. The Labute approximate surface area is 178 Å². The Hall–Kier alpha value is -3.13. The average Bonchev–Trinajstić information content (AvgIpc) is 3.06. The third-order valence-electron chi connectivity index (χ3n) is 4.62. The van der Waals surface area contributed by atoms with E-state index in [1.54, 1.807) is 43.3 Å². The maximum atomic E-state index is 12.6. The zero-order valence-corrected chi connectivity index (χ0v) is 17.6. The van der Waals surface area contributed by atoms with Gasteiger partial charge in [0, 0.05) is 23.2 Å². The van der Waals surface area contributed by atoms with Crippen molar-refractivity contribution in [2.45, 2.75) is 13.5 Å². The molecular weight excluding hydrogens is 404 g/mol. The fraction of sp³-hybridized carbons (Fsp3) is 0.273. The fourth-order valence-electron chi connectivity index (χ4n) is 3.11. The molecule has 8 heteroatoms. The first-order valence-corrected chi connectivity index (χ1v) is 10.6. The van der Waals surface area contributed by atoms with Crippen molar-refractivity contribution < 1.29 is 23.9 Å². The largest absolute Gasteiger partial charge is 0.482 e. The van der Waals surface area contributed by atoms with Gasteiger partial charge >= 0.3 is 5.97 Å². The summed E-state index contributed by atoms with van der Waals surface area (Å²) >= 11 is 1.34. The van der Waals surface area contributed by atoms with Crippen molar-refractivity contribution in [3.8, 4) is 5.75 Å². The predicted octanol–water partition coefficient (Wildman–Crippen LogP) is 3.16. The third kappa shape index (κ3) is 4.88. The monoisotopic (exact) mass is 426 g/mol. The van der Waals surface area contributed by atoms with E-state index in [2.05, 4.69) is 0 Å². The first kappa shape index (κ1) is 21.6. The number of esters is 1. The van der Waals surface area contributed by atoms with E-state index >= 15 is 0 Å². The molecule has 1 heterocycles. The molecule has 7 nitrogen and oxygen atoms in total. The molecule has 0 saturated heterocycles. The lowest BCUT2D eigenvalue weighted by Crippen LogP contribution is -2.30. The van der Waals surface area contributed by atoms with Crippen LogP contribution in [0.4, 0.5) is 0 Å². The minimum atomic E-state index is -0.458. The Kier molecular flexibility index (Phi) is 6.89. The number of amides is 1. The van der Waals surface area contributed by atoms with Crippen molar-refractivity contribution >= 4 is 34.5 Å². The maximum absolute atomic E-state index is 12.6. The molecule has 0 bridgehead atoms. The van der Waals surface area contributed by atoms with Crippen molar-refractivity contribution in [3.05, 3.63) is 64.7 Å². The molecule has 1 aliphatic heterocycles. The van der Waals surface area contributed by atoms with Gasteiger partial charge in [0.25, 0.3) is 5.91 Å². The Morgan fingerprint density at radius 2 is 1.83 bits per heavy atom. The molecule has 0 spiro atoms. The number of benzene rings is 2. The summed E-state index contributed by atoms with van der Waals surface area (Å²) in [4.78, 5) is 38.1. The SMILES string of the molecule is CCOC(=O)COc1ccc(C(=O)CN2Cc3cc(C(=N)SC)ccc3C2=O)cc1. The minimum Gasteiger partial charge on any atom is -0.482 e. The Balaban J connectivity index is 1.61. The highest BCUT2D eigenvalue weighted by molar-refractivity contribution is 8.13. The topological polar surface area (TPSA) is 96.8 Å². The van der Waals surface area contributed by atoms with Gasteiger partial charge in [0.2, 0.25) is 0 Å². The van der Waals surface area contributed by atoms with Crippen LogP contribution in [0.1, 0.15) is 38.8 Å². The molecule has 1 aliphatic rings. The number of nitrogens with one attached hydrogen (secondary N) is 1. The second-order valence-corrected chi connectivity index (χ2v) is 7.42.